The van der Waals surface area contributed by atoms with Crippen molar-refractivity contribution in [2.45, 2.75) is 84.6 Å². The van der Waals surface area contributed by atoms with Gasteiger partial charge in [0.1, 0.15) is 18.1 Å². The second kappa shape index (κ2) is 9.02. The zero-order valence-electron chi connectivity index (χ0n) is 22.0. The third kappa shape index (κ3) is 3.65. The predicted octanol–water partition coefficient (Wildman–Crippen LogP) is 4.80. The highest BCUT2D eigenvalue weighted by Crippen LogP contribution is 2.73. The monoisotopic (exact) mass is 504 g/mol. The van der Waals surface area contributed by atoms with Crippen LogP contribution in [-0.4, -0.2) is 46.6 Å². The lowest BCUT2D eigenvalue weighted by atomic mass is 9.44. The maximum absolute atomic E-state index is 13.3. The SMILES string of the molecule is CCC(=O)[C@@]1(C)[C@@H](C)C[C@H]2[C@@H]3CCC4=C/C(=N\OCCNC(C)=O)C=C[C@]4(C)[C@@]3(Cl)[C@@H](O)C[C@@]21C. The molecule has 0 aromatic carbocycles. The van der Waals surface area contributed by atoms with Crippen molar-refractivity contribution in [1.82, 2.24) is 5.32 Å². The van der Waals surface area contributed by atoms with Crippen LogP contribution in [0.15, 0.2) is 29.0 Å². The van der Waals surface area contributed by atoms with Crippen molar-refractivity contribution in [3.63, 3.8) is 0 Å². The standard InChI is InChI=1S/C28H41ClN2O4/c1-7-23(33)27(6)17(2)14-22-21-9-8-19-15-20(31-35-13-12-30-18(3)32)10-11-25(19,4)28(21,29)24(34)16-26(22,27)5/h10-11,15,17,21-22,24,34H,7-9,12-14,16H2,1-6H3,(H,30,32)/b31-20-/t17-,21-,22-,24-,25-,26-,27+,28-/m0/s1. The van der Waals surface area contributed by atoms with Crippen LogP contribution < -0.4 is 5.32 Å². The average Bonchev–Trinajstić information content (AvgIpc) is 3.00. The van der Waals surface area contributed by atoms with Crippen LogP contribution in [0.4, 0.5) is 0 Å². The number of alkyl halides is 1. The maximum Gasteiger partial charge on any atom is 0.216 e. The van der Waals surface area contributed by atoms with Gasteiger partial charge >= 0.3 is 0 Å². The molecule has 3 fully saturated rings. The molecule has 4 rings (SSSR count). The van der Waals surface area contributed by atoms with E-state index in [0.29, 0.717) is 37.5 Å². The molecule has 0 aromatic heterocycles. The first kappa shape index (κ1) is 26.4. The molecule has 35 heavy (non-hydrogen) atoms. The van der Waals surface area contributed by atoms with E-state index in [1.807, 2.05) is 19.1 Å². The number of carbonyl (C=O) groups is 2. The molecule has 2 N–H and O–H groups in total. The van der Waals surface area contributed by atoms with E-state index >= 15 is 0 Å². The Morgan fingerprint density at radius 3 is 2.66 bits per heavy atom. The molecule has 3 saturated carbocycles. The Labute approximate surface area is 214 Å². The number of aliphatic hydroxyl groups is 1. The minimum absolute atomic E-state index is 0.0981. The van der Waals surface area contributed by atoms with Crippen molar-refractivity contribution in [3.8, 4) is 0 Å². The Bertz CT molecular complexity index is 991. The molecule has 4 aliphatic rings. The molecule has 1 amide bonds. The molecule has 7 heteroatoms. The topological polar surface area (TPSA) is 88.0 Å². The number of hydrogen-bond donors (Lipinski definition) is 2. The molecule has 0 bridgehead atoms. The van der Waals surface area contributed by atoms with E-state index in [0.717, 1.165) is 24.8 Å². The Morgan fingerprint density at radius 2 is 2.00 bits per heavy atom. The number of carbonyl (C=O) groups excluding carboxylic acids is 2. The predicted molar refractivity (Wildman–Crippen MR) is 138 cm³/mol. The van der Waals surface area contributed by atoms with Crippen LogP contribution >= 0.6 is 11.6 Å². The molecule has 0 radical (unpaired) electrons. The fraction of sp³-hybridized carbons (Fsp3) is 0.750. The molecule has 6 nitrogen and oxygen atoms in total. The summed E-state index contributed by atoms with van der Waals surface area (Å²) in [6.07, 6.45) is 9.13. The number of aliphatic hydroxyl groups excluding tert-OH is 1. The summed E-state index contributed by atoms with van der Waals surface area (Å²) in [4.78, 5) is 28.8. The summed E-state index contributed by atoms with van der Waals surface area (Å²) in [5.41, 5.74) is 0.650. The molecule has 0 spiro atoms. The summed E-state index contributed by atoms with van der Waals surface area (Å²) < 4.78 is 0. The van der Waals surface area contributed by atoms with Gasteiger partial charge in [0.15, 0.2) is 0 Å². The fourth-order valence-electron chi connectivity index (χ4n) is 8.19. The minimum Gasteiger partial charge on any atom is -0.393 e. The van der Waals surface area contributed by atoms with Crippen LogP contribution in [0, 0.1) is 34.0 Å². The minimum atomic E-state index is -0.838. The number of ketones is 1. The van der Waals surface area contributed by atoms with Gasteiger partial charge in [-0.2, -0.15) is 0 Å². The first-order valence-corrected chi connectivity index (χ1v) is 13.5. The van der Waals surface area contributed by atoms with Gasteiger partial charge in [0.2, 0.25) is 5.91 Å². The highest BCUT2D eigenvalue weighted by atomic mass is 35.5. The van der Waals surface area contributed by atoms with Gasteiger partial charge in [-0.1, -0.05) is 51.4 Å². The van der Waals surface area contributed by atoms with E-state index in [-0.39, 0.29) is 29.1 Å². The number of halogens is 1. The number of allylic oxidation sites excluding steroid dienone is 4. The number of nitrogens with one attached hydrogen (secondary N) is 1. The third-order valence-corrected chi connectivity index (χ3v) is 11.4. The van der Waals surface area contributed by atoms with Gasteiger partial charge < -0.3 is 15.3 Å². The van der Waals surface area contributed by atoms with Gasteiger partial charge in [-0.15, -0.1) is 11.6 Å². The van der Waals surface area contributed by atoms with Crippen molar-refractivity contribution >= 4 is 29.0 Å². The number of oxime groups is 1. The fourth-order valence-corrected chi connectivity index (χ4v) is 8.71. The lowest BCUT2D eigenvalue weighted by molar-refractivity contribution is -0.151. The number of Topliss-reactive ketones (excluding diaryl/α,β-unsaturated/α-hetero) is 1. The zero-order chi connectivity index (χ0) is 25.8. The zero-order valence-corrected chi connectivity index (χ0v) is 22.7. The molecule has 194 valence electrons. The first-order chi connectivity index (χ1) is 16.4. The van der Waals surface area contributed by atoms with Crippen LogP contribution in [0.25, 0.3) is 0 Å². The Morgan fingerprint density at radius 1 is 1.29 bits per heavy atom. The van der Waals surface area contributed by atoms with E-state index in [1.165, 1.54) is 6.92 Å². The molecule has 0 saturated heterocycles. The Balaban J connectivity index is 1.62. The van der Waals surface area contributed by atoms with E-state index < -0.39 is 21.8 Å². The quantitative estimate of drug-likeness (QED) is 0.309. The van der Waals surface area contributed by atoms with Crippen LogP contribution in [0.2, 0.25) is 0 Å². The molecule has 0 heterocycles. The Hall–Kier alpha value is -1.66. The second-order valence-electron chi connectivity index (χ2n) is 11.8. The van der Waals surface area contributed by atoms with Crippen LogP contribution in [0.5, 0.6) is 0 Å². The van der Waals surface area contributed by atoms with E-state index in [1.54, 1.807) is 0 Å². The third-order valence-electron chi connectivity index (χ3n) is 10.5. The smallest absolute Gasteiger partial charge is 0.216 e. The molecular weight excluding hydrogens is 464 g/mol. The van der Waals surface area contributed by atoms with Crippen LogP contribution in [0.3, 0.4) is 0 Å². The number of rotatable bonds is 6. The van der Waals surface area contributed by atoms with Crippen molar-refractivity contribution in [3.05, 3.63) is 23.8 Å². The summed E-state index contributed by atoms with van der Waals surface area (Å²) in [7, 11) is 0. The summed E-state index contributed by atoms with van der Waals surface area (Å²) in [5.74, 6) is 0.878. The summed E-state index contributed by atoms with van der Waals surface area (Å²) in [6.45, 7) is 12.9. The van der Waals surface area contributed by atoms with Gasteiger partial charge in [0.25, 0.3) is 0 Å². The molecule has 0 aliphatic heterocycles. The molecule has 0 unspecified atom stereocenters. The van der Waals surface area contributed by atoms with Crippen molar-refractivity contribution in [2.24, 2.45) is 39.2 Å². The summed E-state index contributed by atoms with van der Waals surface area (Å²) in [6, 6.07) is 0. The lowest BCUT2D eigenvalue weighted by Crippen LogP contribution is -2.67. The van der Waals surface area contributed by atoms with Crippen molar-refractivity contribution < 1.29 is 19.5 Å². The lowest BCUT2D eigenvalue weighted by Gasteiger charge is -2.64. The number of amides is 1. The molecule has 4 aliphatic carbocycles. The molecular formula is C28H41ClN2O4. The number of fused-ring (bicyclic) bond motifs is 5. The average molecular weight is 505 g/mol. The van der Waals surface area contributed by atoms with E-state index in [4.69, 9.17) is 16.4 Å². The van der Waals surface area contributed by atoms with Crippen molar-refractivity contribution in [1.29, 1.82) is 0 Å². The Kier molecular flexibility index (Phi) is 6.81. The number of hydrogen-bond acceptors (Lipinski definition) is 5. The van der Waals surface area contributed by atoms with E-state index in [9.17, 15) is 14.7 Å². The van der Waals surface area contributed by atoms with Gasteiger partial charge in [-0.25, -0.2) is 0 Å². The molecule has 0 aromatic rings. The largest absolute Gasteiger partial charge is 0.393 e. The van der Waals surface area contributed by atoms with Gasteiger partial charge in [-0.3, -0.25) is 9.59 Å². The maximum atomic E-state index is 13.3. The highest BCUT2D eigenvalue weighted by Gasteiger charge is 2.73. The van der Waals surface area contributed by atoms with Crippen LogP contribution in [-0.2, 0) is 14.4 Å². The van der Waals surface area contributed by atoms with Crippen molar-refractivity contribution in [2.75, 3.05) is 13.2 Å². The van der Waals surface area contributed by atoms with E-state index in [2.05, 4.69) is 44.2 Å². The normalized spacial score (nSPS) is 45.3. The second-order valence-corrected chi connectivity index (χ2v) is 12.4. The van der Waals surface area contributed by atoms with Crippen LogP contribution in [0.1, 0.15) is 73.6 Å². The highest BCUT2D eigenvalue weighted by molar-refractivity contribution is 6.26. The van der Waals surface area contributed by atoms with Gasteiger partial charge in [-0.05, 0) is 61.0 Å². The van der Waals surface area contributed by atoms with Gasteiger partial charge in [0.05, 0.1) is 17.5 Å². The number of nitrogens with zero attached hydrogens (tertiary/aromatic N) is 1. The van der Waals surface area contributed by atoms with Gasteiger partial charge in [0, 0.05) is 24.2 Å². The summed E-state index contributed by atoms with van der Waals surface area (Å²) >= 11 is 7.61. The summed E-state index contributed by atoms with van der Waals surface area (Å²) in [5, 5.41) is 18.7. The molecule has 8 atom stereocenters. The first-order valence-electron chi connectivity index (χ1n) is 13.1.